The summed E-state index contributed by atoms with van der Waals surface area (Å²) in [6.45, 7) is 11.5. The Morgan fingerprint density at radius 3 is 2.56 bits per heavy atom. The monoisotopic (exact) mass is 228 g/mol. The minimum atomic E-state index is -0.744. The first-order chi connectivity index (χ1) is 7.23. The molecular weight excluding hydrogens is 204 g/mol. The average Bonchev–Trinajstić information content (AvgIpc) is 2.06. The van der Waals surface area contributed by atoms with Gasteiger partial charge in [-0.15, -0.1) is 0 Å². The van der Waals surface area contributed by atoms with Gasteiger partial charge in [-0.25, -0.2) is 0 Å². The maximum Gasteiger partial charge on any atom is 0.317 e. The Bertz CT molecular complexity index is 262. The SMILES string of the molecule is CC1(C)CNCCN(CC(=O)O)C(C)(C)C1. The van der Waals surface area contributed by atoms with E-state index in [2.05, 4.69) is 37.9 Å². The highest BCUT2D eigenvalue weighted by Crippen LogP contribution is 2.32. The molecule has 4 heteroatoms. The normalized spacial score (nSPS) is 25.8. The van der Waals surface area contributed by atoms with E-state index in [0.717, 1.165) is 26.1 Å². The fourth-order valence-corrected chi connectivity index (χ4v) is 2.75. The van der Waals surface area contributed by atoms with Crippen molar-refractivity contribution in [1.82, 2.24) is 10.2 Å². The van der Waals surface area contributed by atoms with E-state index in [-0.39, 0.29) is 17.5 Å². The highest BCUT2D eigenvalue weighted by Gasteiger charge is 2.35. The fourth-order valence-electron chi connectivity index (χ4n) is 2.75. The van der Waals surface area contributed by atoms with Gasteiger partial charge in [0.25, 0.3) is 0 Å². The molecule has 0 amide bonds. The van der Waals surface area contributed by atoms with E-state index in [9.17, 15) is 4.79 Å². The Labute approximate surface area is 98.0 Å². The maximum absolute atomic E-state index is 10.9. The van der Waals surface area contributed by atoms with E-state index in [1.165, 1.54) is 0 Å². The molecular formula is C12H24N2O2. The molecule has 4 nitrogen and oxygen atoms in total. The lowest BCUT2D eigenvalue weighted by Crippen LogP contribution is -2.54. The number of nitrogens with zero attached hydrogens (tertiary/aromatic N) is 1. The van der Waals surface area contributed by atoms with Gasteiger partial charge in [0, 0.05) is 25.2 Å². The van der Waals surface area contributed by atoms with Gasteiger partial charge in [0.05, 0.1) is 6.54 Å². The summed E-state index contributed by atoms with van der Waals surface area (Å²) in [4.78, 5) is 12.9. The first kappa shape index (κ1) is 13.5. The summed E-state index contributed by atoms with van der Waals surface area (Å²) in [6.07, 6.45) is 1.00. The molecule has 0 saturated carbocycles. The maximum atomic E-state index is 10.9. The number of carbonyl (C=O) groups is 1. The van der Waals surface area contributed by atoms with E-state index in [1.54, 1.807) is 0 Å². The van der Waals surface area contributed by atoms with Crippen LogP contribution in [0.25, 0.3) is 0 Å². The van der Waals surface area contributed by atoms with Crippen LogP contribution < -0.4 is 5.32 Å². The van der Waals surface area contributed by atoms with Crippen molar-refractivity contribution in [1.29, 1.82) is 0 Å². The molecule has 1 fully saturated rings. The van der Waals surface area contributed by atoms with Crippen LogP contribution >= 0.6 is 0 Å². The van der Waals surface area contributed by atoms with Crippen LogP contribution in [-0.2, 0) is 4.79 Å². The quantitative estimate of drug-likeness (QED) is 0.745. The zero-order chi connectivity index (χ0) is 12.4. The molecule has 1 heterocycles. The zero-order valence-electron chi connectivity index (χ0n) is 10.8. The Balaban J connectivity index is 2.78. The van der Waals surface area contributed by atoms with Crippen LogP contribution in [-0.4, -0.2) is 47.7 Å². The number of carboxylic acids is 1. The molecule has 0 aromatic carbocycles. The number of hydrogen-bond acceptors (Lipinski definition) is 3. The predicted molar refractivity (Wildman–Crippen MR) is 64.6 cm³/mol. The summed E-state index contributed by atoms with van der Waals surface area (Å²) in [5.41, 5.74) is 0.157. The van der Waals surface area contributed by atoms with Crippen LogP contribution in [0.1, 0.15) is 34.1 Å². The second-order valence-electron chi connectivity index (χ2n) is 6.15. The Kier molecular flexibility index (Phi) is 3.97. The first-order valence-electron chi connectivity index (χ1n) is 5.91. The average molecular weight is 228 g/mol. The lowest BCUT2D eigenvalue weighted by Gasteiger charge is -2.45. The predicted octanol–water partition coefficient (Wildman–Crippen LogP) is 1.17. The molecule has 0 atom stereocenters. The number of rotatable bonds is 2. The topological polar surface area (TPSA) is 52.6 Å². The summed E-state index contributed by atoms with van der Waals surface area (Å²) in [5, 5.41) is 12.3. The van der Waals surface area contributed by atoms with Crippen LogP contribution in [0.3, 0.4) is 0 Å². The summed E-state index contributed by atoms with van der Waals surface area (Å²) >= 11 is 0. The van der Waals surface area contributed by atoms with E-state index >= 15 is 0 Å². The number of nitrogens with one attached hydrogen (secondary N) is 1. The van der Waals surface area contributed by atoms with Crippen molar-refractivity contribution in [2.24, 2.45) is 5.41 Å². The molecule has 0 radical (unpaired) electrons. The molecule has 94 valence electrons. The molecule has 0 unspecified atom stereocenters. The third-order valence-corrected chi connectivity index (χ3v) is 3.26. The van der Waals surface area contributed by atoms with Crippen molar-refractivity contribution in [3.8, 4) is 0 Å². The van der Waals surface area contributed by atoms with Crippen molar-refractivity contribution in [3.63, 3.8) is 0 Å². The highest BCUT2D eigenvalue weighted by atomic mass is 16.4. The largest absolute Gasteiger partial charge is 0.480 e. The summed E-state index contributed by atoms with van der Waals surface area (Å²) < 4.78 is 0. The smallest absolute Gasteiger partial charge is 0.317 e. The molecule has 16 heavy (non-hydrogen) atoms. The molecule has 0 aromatic rings. The van der Waals surface area contributed by atoms with E-state index < -0.39 is 5.97 Å². The minimum Gasteiger partial charge on any atom is -0.480 e. The van der Waals surface area contributed by atoms with Crippen molar-refractivity contribution in [2.75, 3.05) is 26.2 Å². The zero-order valence-corrected chi connectivity index (χ0v) is 10.8. The summed E-state index contributed by atoms with van der Waals surface area (Å²) in [7, 11) is 0. The first-order valence-corrected chi connectivity index (χ1v) is 5.91. The molecule has 1 aliphatic heterocycles. The summed E-state index contributed by atoms with van der Waals surface area (Å²) in [5.74, 6) is -0.744. The van der Waals surface area contributed by atoms with Gasteiger partial charge < -0.3 is 10.4 Å². The second-order valence-corrected chi connectivity index (χ2v) is 6.15. The van der Waals surface area contributed by atoms with Crippen LogP contribution in [0.5, 0.6) is 0 Å². The summed E-state index contributed by atoms with van der Waals surface area (Å²) in [6, 6.07) is 0. The van der Waals surface area contributed by atoms with Crippen molar-refractivity contribution >= 4 is 5.97 Å². The van der Waals surface area contributed by atoms with Crippen molar-refractivity contribution in [2.45, 2.75) is 39.7 Å². The van der Waals surface area contributed by atoms with Crippen molar-refractivity contribution in [3.05, 3.63) is 0 Å². The fraction of sp³-hybridized carbons (Fsp3) is 0.917. The van der Waals surface area contributed by atoms with E-state index in [1.807, 2.05) is 0 Å². The molecule has 2 N–H and O–H groups in total. The Morgan fingerprint density at radius 2 is 2.00 bits per heavy atom. The number of carboxylic acid groups (broad SMARTS) is 1. The minimum absolute atomic E-state index is 0.0516. The highest BCUT2D eigenvalue weighted by molar-refractivity contribution is 5.69. The third-order valence-electron chi connectivity index (χ3n) is 3.26. The van der Waals surface area contributed by atoms with Crippen molar-refractivity contribution < 1.29 is 9.90 Å². The van der Waals surface area contributed by atoms with Crippen LogP contribution in [0.15, 0.2) is 0 Å². The Hall–Kier alpha value is -0.610. The second kappa shape index (κ2) is 4.72. The molecule has 1 rings (SSSR count). The third kappa shape index (κ3) is 3.76. The van der Waals surface area contributed by atoms with E-state index in [0.29, 0.717) is 0 Å². The van der Waals surface area contributed by atoms with Crippen LogP contribution in [0.4, 0.5) is 0 Å². The molecule has 0 spiro atoms. The molecule has 0 bridgehead atoms. The molecule has 1 aliphatic rings. The molecule has 1 saturated heterocycles. The van der Waals surface area contributed by atoms with Crippen LogP contribution in [0, 0.1) is 5.41 Å². The standard InChI is InChI=1S/C12H24N2O2/c1-11(2)8-12(3,4)14(7-10(15)16)6-5-13-9-11/h13H,5-9H2,1-4H3,(H,15,16). The van der Waals surface area contributed by atoms with Gasteiger partial charge in [0.2, 0.25) is 0 Å². The number of aliphatic carboxylic acids is 1. The molecule has 0 aromatic heterocycles. The Morgan fingerprint density at radius 1 is 1.38 bits per heavy atom. The van der Waals surface area contributed by atoms with Gasteiger partial charge in [0.15, 0.2) is 0 Å². The molecule has 0 aliphatic carbocycles. The van der Waals surface area contributed by atoms with Gasteiger partial charge >= 0.3 is 5.97 Å². The lowest BCUT2D eigenvalue weighted by atomic mass is 9.78. The van der Waals surface area contributed by atoms with Gasteiger partial charge in [0.1, 0.15) is 0 Å². The van der Waals surface area contributed by atoms with Gasteiger partial charge in [-0.3, -0.25) is 9.69 Å². The number of hydrogen-bond donors (Lipinski definition) is 2. The van der Waals surface area contributed by atoms with Gasteiger partial charge in [-0.05, 0) is 25.7 Å². The van der Waals surface area contributed by atoms with Gasteiger partial charge in [-0.2, -0.15) is 0 Å². The van der Waals surface area contributed by atoms with Crippen LogP contribution in [0.2, 0.25) is 0 Å². The van der Waals surface area contributed by atoms with Gasteiger partial charge in [-0.1, -0.05) is 13.8 Å². The lowest BCUT2D eigenvalue weighted by molar-refractivity contribution is -0.140. The van der Waals surface area contributed by atoms with E-state index in [4.69, 9.17) is 5.11 Å².